The molecule has 1 amide bonds. The number of thiazole rings is 1. The monoisotopic (exact) mass is 435 g/mol. The molecule has 0 unspecified atom stereocenters. The average molecular weight is 437 g/mol. The summed E-state index contributed by atoms with van der Waals surface area (Å²) in [4.78, 5) is 20.3. The first kappa shape index (κ1) is 21.3. The average Bonchev–Trinajstić information content (AvgIpc) is 2.95. The molecule has 5 nitrogen and oxygen atoms in total. The van der Waals surface area contributed by atoms with E-state index in [-0.39, 0.29) is 24.9 Å². The molecule has 1 aliphatic rings. The first-order chi connectivity index (χ1) is 12.0. The zero-order valence-corrected chi connectivity index (χ0v) is 17.4. The fourth-order valence-electron chi connectivity index (χ4n) is 2.70. The number of rotatable bonds is 6. The van der Waals surface area contributed by atoms with Crippen molar-refractivity contribution in [2.75, 3.05) is 25.0 Å². The number of amides is 1. The number of hydrogen-bond acceptors (Lipinski definition) is 5. The minimum absolute atomic E-state index is 0. The highest BCUT2D eigenvalue weighted by Crippen LogP contribution is 2.29. The van der Waals surface area contributed by atoms with Crippen molar-refractivity contribution in [2.45, 2.75) is 26.3 Å². The Morgan fingerprint density at radius 1 is 1.42 bits per heavy atom. The number of ether oxygens (including phenoxy) is 1. The Hall–Kier alpha value is -1.05. The van der Waals surface area contributed by atoms with Crippen molar-refractivity contribution in [2.24, 2.45) is 0 Å². The van der Waals surface area contributed by atoms with Crippen LogP contribution in [0.25, 0.3) is 0 Å². The molecule has 142 valence electrons. The lowest BCUT2D eigenvalue weighted by Gasteiger charge is -2.24. The number of hydrogen-bond donors (Lipinski definition) is 1. The van der Waals surface area contributed by atoms with E-state index in [1.807, 2.05) is 0 Å². The van der Waals surface area contributed by atoms with Crippen LogP contribution in [0, 0.1) is 0 Å². The topological polar surface area (TPSA) is 54.5 Å². The number of carbonyl (C=O) groups excluding carboxylic acids is 1. The van der Waals surface area contributed by atoms with Gasteiger partial charge < -0.3 is 4.74 Å². The smallest absolute Gasteiger partial charge is 0.264 e. The van der Waals surface area contributed by atoms with Crippen molar-refractivity contribution in [3.05, 3.63) is 38.8 Å². The van der Waals surface area contributed by atoms with Gasteiger partial charge in [-0.15, -0.1) is 23.7 Å². The van der Waals surface area contributed by atoms with Crippen LogP contribution in [0.2, 0.25) is 10.0 Å². The summed E-state index contributed by atoms with van der Waals surface area (Å²) in [5, 5.41) is 4.32. The molecule has 1 aromatic heterocycles. The third-order valence-electron chi connectivity index (χ3n) is 3.85. The Kier molecular flexibility index (Phi) is 7.98. The molecule has 9 heteroatoms. The van der Waals surface area contributed by atoms with Crippen LogP contribution < -0.4 is 10.1 Å². The van der Waals surface area contributed by atoms with E-state index in [9.17, 15) is 4.79 Å². The van der Waals surface area contributed by atoms with Gasteiger partial charge in [-0.3, -0.25) is 15.0 Å². The second-order valence-electron chi connectivity index (χ2n) is 5.83. The van der Waals surface area contributed by atoms with Gasteiger partial charge in [-0.25, -0.2) is 4.98 Å². The molecule has 3 rings (SSSR count). The van der Waals surface area contributed by atoms with Gasteiger partial charge in [-0.1, -0.05) is 30.1 Å². The maximum Gasteiger partial charge on any atom is 0.264 e. The Labute approximate surface area is 173 Å². The number of carbonyl (C=O) groups is 1. The molecule has 1 N–H and O–H groups in total. The lowest BCUT2D eigenvalue weighted by molar-refractivity contribution is -0.118. The van der Waals surface area contributed by atoms with Crippen LogP contribution in [0.1, 0.15) is 23.9 Å². The minimum Gasteiger partial charge on any atom is -0.482 e. The third-order valence-corrected chi connectivity index (χ3v) is 5.38. The number of fused-ring (bicyclic) bond motifs is 1. The first-order valence-corrected chi connectivity index (χ1v) is 9.71. The molecule has 0 atom stereocenters. The van der Waals surface area contributed by atoms with E-state index in [0.29, 0.717) is 20.9 Å². The van der Waals surface area contributed by atoms with Crippen LogP contribution in [0.5, 0.6) is 5.75 Å². The molecular weight excluding hydrogens is 417 g/mol. The van der Waals surface area contributed by atoms with Crippen molar-refractivity contribution in [3.63, 3.8) is 0 Å². The molecular formula is C17H20Cl3N3O2S. The Morgan fingerprint density at radius 3 is 2.96 bits per heavy atom. The van der Waals surface area contributed by atoms with Crippen LogP contribution in [0.15, 0.2) is 18.2 Å². The fourth-order valence-corrected chi connectivity index (χ4v) is 4.23. The molecule has 2 heterocycles. The van der Waals surface area contributed by atoms with Gasteiger partial charge in [0.15, 0.2) is 11.7 Å². The maximum absolute atomic E-state index is 12.1. The van der Waals surface area contributed by atoms with Crippen LogP contribution in [-0.4, -0.2) is 35.5 Å². The van der Waals surface area contributed by atoms with Gasteiger partial charge in [-0.05, 0) is 31.2 Å². The second-order valence-corrected chi connectivity index (χ2v) is 7.75. The summed E-state index contributed by atoms with van der Waals surface area (Å²) in [7, 11) is 0. The van der Waals surface area contributed by atoms with E-state index in [2.05, 4.69) is 22.1 Å². The quantitative estimate of drug-likeness (QED) is 0.715. The van der Waals surface area contributed by atoms with Crippen molar-refractivity contribution in [1.29, 1.82) is 0 Å². The lowest BCUT2D eigenvalue weighted by atomic mass is 10.2. The Balaban J connectivity index is 0.00000243. The number of anilines is 1. The summed E-state index contributed by atoms with van der Waals surface area (Å²) < 4.78 is 5.44. The van der Waals surface area contributed by atoms with Crippen LogP contribution in [-0.2, 0) is 17.8 Å². The van der Waals surface area contributed by atoms with Crippen molar-refractivity contribution in [1.82, 2.24) is 9.88 Å². The van der Waals surface area contributed by atoms with Gasteiger partial charge >= 0.3 is 0 Å². The predicted octanol–water partition coefficient (Wildman–Crippen LogP) is 4.66. The van der Waals surface area contributed by atoms with Crippen LogP contribution in [0.3, 0.4) is 0 Å². The Bertz CT molecular complexity index is 770. The number of aromatic nitrogens is 1. The summed E-state index contributed by atoms with van der Waals surface area (Å²) in [5.41, 5.74) is 1.09. The van der Waals surface area contributed by atoms with Gasteiger partial charge in [0.1, 0.15) is 5.75 Å². The summed E-state index contributed by atoms with van der Waals surface area (Å²) in [6.07, 6.45) is 2.07. The van der Waals surface area contributed by atoms with E-state index in [0.717, 1.165) is 38.2 Å². The van der Waals surface area contributed by atoms with Gasteiger partial charge in [0.25, 0.3) is 5.91 Å². The van der Waals surface area contributed by atoms with Gasteiger partial charge in [0.05, 0.1) is 10.7 Å². The standard InChI is InChI=1S/C17H19Cl2N3O2S.ClH/c1-2-6-22-7-5-13-15(9-22)25-17(20-13)21-16(23)10-24-14-4-3-11(18)8-12(14)19;/h3-4,8H,2,5-7,9-10H2,1H3,(H,20,21,23);1H. The molecule has 0 radical (unpaired) electrons. The number of nitrogens with zero attached hydrogens (tertiary/aromatic N) is 2. The largest absolute Gasteiger partial charge is 0.482 e. The number of halogens is 3. The molecule has 2 aromatic rings. The summed E-state index contributed by atoms with van der Waals surface area (Å²) in [6, 6.07) is 4.88. The van der Waals surface area contributed by atoms with E-state index in [1.54, 1.807) is 18.2 Å². The SMILES string of the molecule is CCCN1CCc2nc(NC(=O)COc3ccc(Cl)cc3Cl)sc2C1.Cl. The van der Waals surface area contributed by atoms with Crippen LogP contribution in [0.4, 0.5) is 5.13 Å². The fraction of sp³-hybridized carbons (Fsp3) is 0.412. The normalized spacial score (nSPS) is 13.7. The van der Waals surface area contributed by atoms with Gasteiger partial charge in [0, 0.05) is 29.4 Å². The molecule has 1 aromatic carbocycles. The van der Waals surface area contributed by atoms with Crippen molar-refractivity contribution in [3.8, 4) is 5.75 Å². The molecule has 0 fully saturated rings. The molecule has 0 saturated carbocycles. The molecule has 0 spiro atoms. The maximum atomic E-state index is 12.1. The molecule has 0 aliphatic carbocycles. The Morgan fingerprint density at radius 2 is 2.23 bits per heavy atom. The predicted molar refractivity (Wildman–Crippen MR) is 109 cm³/mol. The third kappa shape index (κ3) is 5.47. The van der Waals surface area contributed by atoms with E-state index in [4.69, 9.17) is 27.9 Å². The summed E-state index contributed by atoms with van der Waals surface area (Å²) in [6.45, 7) is 5.08. The zero-order chi connectivity index (χ0) is 17.8. The number of nitrogens with one attached hydrogen (secondary N) is 1. The van der Waals surface area contributed by atoms with E-state index in [1.165, 1.54) is 16.2 Å². The van der Waals surface area contributed by atoms with Gasteiger partial charge in [0.2, 0.25) is 0 Å². The number of benzene rings is 1. The zero-order valence-electron chi connectivity index (χ0n) is 14.3. The second kappa shape index (κ2) is 9.76. The highest BCUT2D eigenvalue weighted by molar-refractivity contribution is 7.15. The summed E-state index contributed by atoms with van der Waals surface area (Å²) in [5.74, 6) is 0.164. The highest BCUT2D eigenvalue weighted by Gasteiger charge is 2.20. The van der Waals surface area contributed by atoms with Crippen LogP contribution >= 0.6 is 46.9 Å². The molecule has 0 bridgehead atoms. The van der Waals surface area contributed by atoms with Crippen molar-refractivity contribution >= 4 is 58.0 Å². The van der Waals surface area contributed by atoms with E-state index < -0.39 is 0 Å². The van der Waals surface area contributed by atoms with Crippen molar-refractivity contribution < 1.29 is 9.53 Å². The highest BCUT2D eigenvalue weighted by atomic mass is 35.5. The molecule has 1 aliphatic heterocycles. The molecule has 0 saturated heterocycles. The van der Waals surface area contributed by atoms with Gasteiger partial charge in [-0.2, -0.15) is 0 Å². The minimum atomic E-state index is -0.262. The first-order valence-electron chi connectivity index (χ1n) is 8.13. The lowest BCUT2D eigenvalue weighted by Crippen LogP contribution is -2.30. The molecule has 26 heavy (non-hydrogen) atoms. The van der Waals surface area contributed by atoms with E-state index >= 15 is 0 Å². The summed E-state index contributed by atoms with van der Waals surface area (Å²) >= 11 is 13.4.